The Kier molecular flexibility index (Phi) is 2.92. The molecule has 0 saturated carbocycles. The number of fused-ring (bicyclic) bond motifs is 1. The third kappa shape index (κ3) is 1.95. The minimum absolute atomic E-state index is 0.327. The van der Waals surface area contributed by atoms with E-state index in [0.717, 1.165) is 0 Å². The van der Waals surface area contributed by atoms with Gasteiger partial charge in [0.05, 0.1) is 5.69 Å². The molecule has 1 aromatic heterocycles. The molecule has 0 amide bonds. The molecule has 3 nitrogen and oxygen atoms in total. The van der Waals surface area contributed by atoms with Crippen molar-refractivity contribution in [3.05, 3.63) is 53.3 Å². The van der Waals surface area contributed by atoms with Gasteiger partial charge in [-0.1, -0.05) is 24.3 Å². The normalized spacial score (nSPS) is 19.8. The van der Waals surface area contributed by atoms with Gasteiger partial charge in [-0.15, -0.1) is 0 Å². The maximum atomic E-state index is 4.23. The topological polar surface area (TPSA) is 29.9 Å². The first kappa shape index (κ1) is 11.5. The van der Waals surface area contributed by atoms with Crippen molar-refractivity contribution in [2.45, 2.75) is 31.8 Å². The summed E-state index contributed by atoms with van der Waals surface area (Å²) in [5, 5.41) is 7.95. The molecule has 2 atom stereocenters. The molecule has 18 heavy (non-hydrogen) atoms. The van der Waals surface area contributed by atoms with Crippen LogP contribution in [0.3, 0.4) is 0 Å². The van der Waals surface area contributed by atoms with E-state index in [4.69, 9.17) is 0 Å². The molecule has 1 aliphatic carbocycles. The molecule has 0 radical (unpaired) electrons. The highest BCUT2D eigenvalue weighted by Crippen LogP contribution is 2.32. The van der Waals surface area contributed by atoms with Crippen molar-refractivity contribution in [1.29, 1.82) is 0 Å². The Labute approximate surface area is 108 Å². The van der Waals surface area contributed by atoms with Crippen molar-refractivity contribution >= 4 is 0 Å². The number of aromatic nitrogens is 2. The van der Waals surface area contributed by atoms with Gasteiger partial charge in [0.2, 0.25) is 0 Å². The highest BCUT2D eigenvalue weighted by atomic mass is 15.3. The van der Waals surface area contributed by atoms with Crippen molar-refractivity contribution in [3.8, 4) is 0 Å². The summed E-state index contributed by atoms with van der Waals surface area (Å²) in [6.45, 7) is 2.21. The number of nitrogens with one attached hydrogen (secondary N) is 1. The van der Waals surface area contributed by atoms with Crippen molar-refractivity contribution in [3.63, 3.8) is 0 Å². The fourth-order valence-corrected chi connectivity index (χ4v) is 2.93. The molecule has 0 aliphatic heterocycles. The van der Waals surface area contributed by atoms with Crippen molar-refractivity contribution in [2.24, 2.45) is 7.05 Å². The predicted molar refractivity (Wildman–Crippen MR) is 72.3 cm³/mol. The molecule has 0 spiro atoms. The van der Waals surface area contributed by atoms with Crippen molar-refractivity contribution in [1.82, 2.24) is 15.1 Å². The Balaban J connectivity index is 1.77. The van der Waals surface area contributed by atoms with E-state index in [2.05, 4.69) is 47.7 Å². The summed E-state index contributed by atoms with van der Waals surface area (Å²) < 4.78 is 1.94. The molecule has 3 heteroatoms. The van der Waals surface area contributed by atoms with Gasteiger partial charge < -0.3 is 5.32 Å². The molecule has 1 aromatic carbocycles. The molecule has 1 heterocycles. The average molecular weight is 241 g/mol. The first-order valence-corrected chi connectivity index (χ1v) is 6.57. The van der Waals surface area contributed by atoms with Gasteiger partial charge in [-0.2, -0.15) is 5.10 Å². The van der Waals surface area contributed by atoms with Gasteiger partial charge in [0, 0.05) is 25.3 Å². The van der Waals surface area contributed by atoms with Crippen LogP contribution in [0, 0.1) is 0 Å². The van der Waals surface area contributed by atoms with Gasteiger partial charge >= 0.3 is 0 Å². The van der Waals surface area contributed by atoms with Crippen LogP contribution < -0.4 is 5.32 Å². The maximum Gasteiger partial charge on any atom is 0.0547 e. The lowest BCUT2D eigenvalue weighted by Gasteiger charge is -2.20. The maximum absolute atomic E-state index is 4.23. The van der Waals surface area contributed by atoms with Gasteiger partial charge in [-0.05, 0) is 37.0 Å². The first-order chi connectivity index (χ1) is 8.75. The summed E-state index contributed by atoms with van der Waals surface area (Å²) in [6.07, 6.45) is 4.24. The van der Waals surface area contributed by atoms with E-state index in [0.29, 0.717) is 12.1 Å². The van der Waals surface area contributed by atoms with Crippen LogP contribution in [-0.4, -0.2) is 9.78 Å². The second-order valence-corrected chi connectivity index (χ2v) is 5.06. The van der Waals surface area contributed by atoms with Gasteiger partial charge in [0.15, 0.2) is 0 Å². The molecule has 0 fully saturated rings. The molecule has 0 bridgehead atoms. The Bertz CT molecular complexity index is 544. The third-order valence-electron chi connectivity index (χ3n) is 3.89. The minimum Gasteiger partial charge on any atom is -0.302 e. The van der Waals surface area contributed by atoms with E-state index < -0.39 is 0 Å². The fraction of sp³-hybridized carbons (Fsp3) is 0.400. The highest BCUT2D eigenvalue weighted by Gasteiger charge is 2.23. The van der Waals surface area contributed by atoms with Crippen molar-refractivity contribution < 1.29 is 0 Å². The number of nitrogens with zero attached hydrogens (tertiary/aromatic N) is 2. The van der Waals surface area contributed by atoms with E-state index >= 15 is 0 Å². The summed E-state index contributed by atoms with van der Waals surface area (Å²) in [5.41, 5.74) is 4.19. The van der Waals surface area contributed by atoms with E-state index in [1.807, 2.05) is 17.9 Å². The molecule has 2 aromatic rings. The molecular formula is C15H19N3. The van der Waals surface area contributed by atoms with Gasteiger partial charge in [-0.25, -0.2) is 0 Å². The monoisotopic (exact) mass is 241 g/mol. The fourth-order valence-electron chi connectivity index (χ4n) is 2.93. The lowest BCUT2D eigenvalue weighted by atomic mass is 10.1. The third-order valence-corrected chi connectivity index (χ3v) is 3.89. The second kappa shape index (κ2) is 4.58. The number of aryl methyl sites for hydroxylation is 2. The number of rotatable bonds is 3. The van der Waals surface area contributed by atoms with Gasteiger partial charge in [-0.3, -0.25) is 4.68 Å². The quantitative estimate of drug-likeness (QED) is 0.895. The summed E-state index contributed by atoms with van der Waals surface area (Å²) in [5.74, 6) is 0. The summed E-state index contributed by atoms with van der Waals surface area (Å²) in [6, 6.07) is 11.6. The largest absolute Gasteiger partial charge is 0.302 e. The van der Waals surface area contributed by atoms with E-state index in [-0.39, 0.29) is 0 Å². The zero-order valence-electron chi connectivity index (χ0n) is 10.9. The van der Waals surface area contributed by atoms with Crippen LogP contribution in [0.15, 0.2) is 36.5 Å². The van der Waals surface area contributed by atoms with Crippen LogP contribution >= 0.6 is 0 Å². The zero-order chi connectivity index (χ0) is 12.5. The number of hydrogen-bond acceptors (Lipinski definition) is 2. The summed E-state index contributed by atoms with van der Waals surface area (Å²) >= 11 is 0. The number of benzene rings is 1. The van der Waals surface area contributed by atoms with Crippen LogP contribution in [0.2, 0.25) is 0 Å². The van der Waals surface area contributed by atoms with Crippen LogP contribution in [0.1, 0.15) is 42.2 Å². The molecule has 1 aliphatic rings. The highest BCUT2D eigenvalue weighted by molar-refractivity contribution is 5.34. The minimum atomic E-state index is 0.327. The Morgan fingerprint density at radius 1 is 1.33 bits per heavy atom. The van der Waals surface area contributed by atoms with E-state index in [9.17, 15) is 0 Å². The lowest BCUT2D eigenvalue weighted by Crippen LogP contribution is -2.24. The second-order valence-electron chi connectivity index (χ2n) is 5.06. The molecule has 2 unspecified atom stereocenters. The summed E-state index contributed by atoms with van der Waals surface area (Å²) in [4.78, 5) is 0. The van der Waals surface area contributed by atoms with E-state index in [1.54, 1.807) is 0 Å². The van der Waals surface area contributed by atoms with Crippen LogP contribution in [0.5, 0.6) is 0 Å². The molecule has 0 saturated heterocycles. The Morgan fingerprint density at radius 3 is 2.94 bits per heavy atom. The smallest absolute Gasteiger partial charge is 0.0547 e. The van der Waals surface area contributed by atoms with Gasteiger partial charge in [0.25, 0.3) is 0 Å². The first-order valence-electron chi connectivity index (χ1n) is 6.57. The van der Waals surface area contributed by atoms with Crippen molar-refractivity contribution in [2.75, 3.05) is 0 Å². The molecule has 94 valence electrons. The lowest BCUT2D eigenvalue weighted by molar-refractivity contribution is 0.445. The average Bonchev–Trinajstić information content (AvgIpc) is 2.97. The zero-order valence-corrected chi connectivity index (χ0v) is 10.9. The van der Waals surface area contributed by atoms with Gasteiger partial charge in [0.1, 0.15) is 0 Å². The van der Waals surface area contributed by atoms with Crippen LogP contribution in [0.4, 0.5) is 0 Å². The Morgan fingerprint density at radius 2 is 2.17 bits per heavy atom. The molecule has 3 rings (SSSR count). The summed E-state index contributed by atoms with van der Waals surface area (Å²) in [7, 11) is 2.00. The van der Waals surface area contributed by atoms with E-state index in [1.165, 1.54) is 29.7 Å². The van der Waals surface area contributed by atoms with Crippen LogP contribution in [-0.2, 0) is 13.5 Å². The number of hydrogen-bond donors (Lipinski definition) is 1. The molecular weight excluding hydrogens is 222 g/mol. The predicted octanol–water partition coefficient (Wildman–Crippen LogP) is 2.76. The standard InChI is InChI=1S/C15H19N3/c1-11(15-9-10-16-18(15)2)17-14-8-7-12-5-3-4-6-13(12)14/h3-6,9-11,14,17H,7-8H2,1-2H3. The SMILES string of the molecule is CC(NC1CCc2ccccc21)c1ccnn1C. The van der Waals surface area contributed by atoms with Crippen LogP contribution in [0.25, 0.3) is 0 Å². The Hall–Kier alpha value is -1.61. The molecule has 1 N–H and O–H groups in total.